The Bertz CT molecular complexity index is 306. The highest BCUT2D eigenvalue weighted by molar-refractivity contribution is 5.45. The Morgan fingerprint density at radius 1 is 1.18 bits per heavy atom. The van der Waals surface area contributed by atoms with Crippen molar-refractivity contribution >= 4 is 5.69 Å². The van der Waals surface area contributed by atoms with Crippen molar-refractivity contribution in [2.24, 2.45) is 0 Å². The SMILES string of the molecule is CCCCN(CCNC1CC1)c1ccccc1. The quantitative estimate of drug-likeness (QED) is 0.741. The van der Waals surface area contributed by atoms with Crippen LogP contribution in [-0.4, -0.2) is 25.7 Å². The van der Waals surface area contributed by atoms with E-state index in [2.05, 4.69) is 47.5 Å². The van der Waals surface area contributed by atoms with Gasteiger partial charge in [0.25, 0.3) is 0 Å². The Labute approximate surface area is 105 Å². The van der Waals surface area contributed by atoms with Crippen molar-refractivity contribution in [3.8, 4) is 0 Å². The molecule has 17 heavy (non-hydrogen) atoms. The minimum absolute atomic E-state index is 0.818. The Morgan fingerprint density at radius 2 is 1.94 bits per heavy atom. The lowest BCUT2D eigenvalue weighted by Crippen LogP contribution is -2.33. The minimum Gasteiger partial charge on any atom is -0.370 e. The number of hydrogen-bond acceptors (Lipinski definition) is 2. The molecule has 1 aromatic carbocycles. The van der Waals surface area contributed by atoms with Crippen molar-refractivity contribution in [2.75, 3.05) is 24.5 Å². The van der Waals surface area contributed by atoms with E-state index in [0.29, 0.717) is 0 Å². The van der Waals surface area contributed by atoms with Gasteiger partial charge < -0.3 is 10.2 Å². The number of benzene rings is 1. The molecule has 1 aromatic rings. The summed E-state index contributed by atoms with van der Waals surface area (Å²) < 4.78 is 0. The average Bonchev–Trinajstić information content (AvgIpc) is 3.19. The summed E-state index contributed by atoms with van der Waals surface area (Å²) in [5.41, 5.74) is 1.36. The molecule has 1 aliphatic carbocycles. The molecule has 0 aliphatic heterocycles. The van der Waals surface area contributed by atoms with Crippen molar-refractivity contribution in [3.63, 3.8) is 0 Å². The molecule has 1 N–H and O–H groups in total. The van der Waals surface area contributed by atoms with Gasteiger partial charge in [0.2, 0.25) is 0 Å². The maximum absolute atomic E-state index is 3.59. The third-order valence-corrected chi connectivity index (χ3v) is 3.30. The Hall–Kier alpha value is -1.02. The maximum Gasteiger partial charge on any atom is 0.0366 e. The van der Waals surface area contributed by atoms with E-state index in [9.17, 15) is 0 Å². The van der Waals surface area contributed by atoms with Crippen LogP contribution in [-0.2, 0) is 0 Å². The highest BCUT2D eigenvalue weighted by Crippen LogP contribution is 2.18. The molecule has 2 nitrogen and oxygen atoms in total. The van der Waals surface area contributed by atoms with Gasteiger partial charge in [-0.05, 0) is 31.4 Å². The number of hydrogen-bond donors (Lipinski definition) is 1. The second kappa shape index (κ2) is 6.65. The van der Waals surface area contributed by atoms with Crippen molar-refractivity contribution in [3.05, 3.63) is 30.3 Å². The molecule has 94 valence electrons. The van der Waals surface area contributed by atoms with E-state index in [4.69, 9.17) is 0 Å². The molecule has 0 atom stereocenters. The molecule has 0 spiro atoms. The molecule has 1 aliphatic rings. The molecule has 2 heteroatoms. The van der Waals surface area contributed by atoms with Crippen LogP contribution in [0.2, 0.25) is 0 Å². The maximum atomic E-state index is 3.59. The largest absolute Gasteiger partial charge is 0.370 e. The van der Waals surface area contributed by atoms with E-state index in [1.54, 1.807) is 0 Å². The van der Waals surface area contributed by atoms with E-state index >= 15 is 0 Å². The number of rotatable bonds is 8. The molecule has 0 amide bonds. The van der Waals surface area contributed by atoms with Crippen LogP contribution in [0.3, 0.4) is 0 Å². The number of nitrogens with one attached hydrogen (secondary N) is 1. The molecule has 0 saturated heterocycles. The summed E-state index contributed by atoms with van der Waals surface area (Å²) in [7, 11) is 0. The van der Waals surface area contributed by atoms with Crippen molar-refractivity contribution in [1.82, 2.24) is 5.32 Å². The van der Waals surface area contributed by atoms with Gasteiger partial charge in [0.1, 0.15) is 0 Å². The van der Waals surface area contributed by atoms with E-state index in [-0.39, 0.29) is 0 Å². The third-order valence-electron chi connectivity index (χ3n) is 3.30. The first-order valence-electron chi connectivity index (χ1n) is 6.93. The van der Waals surface area contributed by atoms with Gasteiger partial charge in [-0.3, -0.25) is 0 Å². The lowest BCUT2D eigenvalue weighted by atomic mass is 10.2. The van der Waals surface area contributed by atoms with Gasteiger partial charge in [-0.15, -0.1) is 0 Å². The highest BCUT2D eigenvalue weighted by atomic mass is 15.1. The smallest absolute Gasteiger partial charge is 0.0366 e. The second-order valence-electron chi connectivity index (χ2n) is 4.90. The normalized spacial score (nSPS) is 14.9. The fourth-order valence-corrected chi connectivity index (χ4v) is 2.05. The molecule has 2 rings (SSSR count). The first-order valence-corrected chi connectivity index (χ1v) is 6.93. The molecule has 1 saturated carbocycles. The van der Waals surface area contributed by atoms with E-state index in [0.717, 1.165) is 19.1 Å². The second-order valence-corrected chi connectivity index (χ2v) is 4.90. The molecular formula is C15H24N2. The van der Waals surface area contributed by atoms with Crippen LogP contribution in [0.5, 0.6) is 0 Å². The zero-order valence-corrected chi connectivity index (χ0v) is 10.9. The van der Waals surface area contributed by atoms with Crippen molar-refractivity contribution in [1.29, 1.82) is 0 Å². The van der Waals surface area contributed by atoms with Gasteiger partial charge in [0.15, 0.2) is 0 Å². The number of unbranched alkanes of at least 4 members (excludes halogenated alkanes) is 1. The van der Waals surface area contributed by atoms with Crippen molar-refractivity contribution < 1.29 is 0 Å². The highest BCUT2D eigenvalue weighted by Gasteiger charge is 2.20. The summed E-state index contributed by atoms with van der Waals surface area (Å²) >= 11 is 0. The van der Waals surface area contributed by atoms with Crippen LogP contribution < -0.4 is 10.2 Å². The van der Waals surface area contributed by atoms with Crippen LogP contribution >= 0.6 is 0 Å². The Kier molecular flexibility index (Phi) is 4.87. The minimum atomic E-state index is 0.818. The predicted octanol–water partition coefficient (Wildman–Crippen LogP) is 3.05. The van der Waals surface area contributed by atoms with Crippen LogP contribution in [0.15, 0.2) is 30.3 Å². The average molecular weight is 232 g/mol. The fourth-order valence-electron chi connectivity index (χ4n) is 2.05. The molecular weight excluding hydrogens is 208 g/mol. The number of para-hydroxylation sites is 1. The summed E-state index contributed by atoms with van der Waals surface area (Å²) in [5, 5.41) is 3.59. The molecule has 0 unspecified atom stereocenters. The topological polar surface area (TPSA) is 15.3 Å². The fraction of sp³-hybridized carbons (Fsp3) is 0.600. The first kappa shape index (κ1) is 12.4. The van der Waals surface area contributed by atoms with Gasteiger partial charge in [0, 0.05) is 31.4 Å². The molecule has 1 fully saturated rings. The predicted molar refractivity (Wildman–Crippen MR) is 74.6 cm³/mol. The standard InChI is InChI=1S/C15H24N2/c1-2-3-12-17(13-11-16-14-9-10-14)15-7-5-4-6-8-15/h4-8,14,16H,2-3,9-13H2,1H3. The molecule has 0 aromatic heterocycles. The monoisotopic (exact) mass is 232 g/mol. The summed E-state index contributed by atoms with van der Waals surface area (Å²) in [6.07, 6.45) is 5.29. The zero-order chi connectivity index (χ0) is 11.9. The van der Waals surface area contributed by atoms with E-state index < -0.39 is 0 Å². The first-order chi connectivity index (χ1) is 8.40. The Balaban J connectivity index is 1.82. The van der Waals surface area contributed by atoms with Crippen LogP contribution in [0.4, 0.5) is 5.69 Å². The van der Waals surface area contributed by atoms with Crippen molar-refractivity contribution in [2.45, 2.75) is 38.6 Å². The Morgan fingerprint density at radius 3 is 2.59 bits per heavy atom. The number of nitrogens with zero attached hydrogens (tertiary/aromatic N) is 1. The van der Waals surface area contributed by atoms with Gasteiger partial charge >= 0.3 is 0 Å². The molecule has 0 radical (unpaired) electrons. The third kappa shape index (κ3) is 4.39. The lowest BCUT2D eigenvalue weighted by molar-refractivity contribution is 0.640. The lowest BCUT2D eigenvalue weighted by Gasteiger charge is -2.25. The number of anilines is 1. The summed E-state index contributed by atoms with van der Waals surface area (Å²) in [5.74, 6) is 0. The molecule has 0 bridgehead atoms. The van der Waals surface area contributed by atoms with Crippen LogP contribution in [0.1, 0.15) is 32.6 Å². The van der Waals surface area contributed by atoms with Gasteiger partial charge in [-0.2, -0.15) is 0 Å². The summed E-state index contributed by atoms with van der Waals surface area (Å²) in [6, 6.07) is 11.6. The molecule has 0 heterocycles. The van der Waals surface area contributed by atoms with E-state index in [1.165, 1.54) is 37.9 Å². The zero-order valence-electron chi connectivity index (χ0n) is 10.9. The summed E-state index contributed by atoms with van der Waals surface area (Å²) in [6.45, 7) is 5.67. The van der Waals surface area contributed by atoms with Crippen LogP contribution in [0, 0.1) is 0 Å². The van der Waals surface area contributed by atoms with Gasteiger partial charge in [-0.1, -0.05) is 31.5 Å². The van der Waals surface area contributed by atoms with E-state index in [1.807, 2.05) is 0 Å². The summed E-state index contributed by atoms with van der Waals surface area (Å²) in [4.78, 5) is 2.50. The van der Waals surface area contributed by atoms with Gasteiger partial charge in [0.05, 0.1) is 0 Å². The van der Waals surface area contributed by atoms with Crippen LogP contribution in [0.25, 0.3) is 0 Å². The van der Waals surface area contributed by atoms with Gasteiger partial charge in [-0.25, -0.2) is 0 Å².